The van der Waals surface area contributed by atoms with E-state index in [0.717, 1.165) is 17.3 Å². The average molecular weight is 256 g/mol. The molecule has 102 valence electrons. The van der Waals surface area contributed by atoms with Crippen LogP contribution in [0.4, 0.5) is 0 Å². The first-order valence-corrected chi connectivity index (χ1v) is 7.05. The number of aromatic nitrogens is 1. The van der Waals surface area contributed by atoms with Crippen LogP contribution in [0.2, 0.25) is 0 Å². The Bertz CT molecular complexity index is 524. The van der Waals surface area contributed by atoms with Crippen molar-refractivity contribution in [1.29, 1.82) is 5.26 Å². The molecule has 2 aromatic rings. The monoisotopic (exact) mass is 256 g/mol. The van der Waals surface area contributed by atoms with Crippen molar-refractivity contribution in [1.82, 2.24) is 4.98 Å². The second-order valence-corrected chi connectivity index (χ2v) is 3.84. The quantitative estimate of drug-likeness (QED) is 0.710. The molecule has 0 fully saturated rings. The number of nitrogens with zero attached hydrogens (tertiary/aromatic N) is 2. The molecule has 0 bridgehead atoms. The lowest BCUT2D eigenvalue weighted by molar-refractivity contribution is 1.09. The molecule has 1 aromatic carbocycles. The van der Waals surface area contributed by atoms with Gasteiger partial charge in [-0.1, -0.05) is 47.1 Å². The van der Waals surface area contributed by atoms with E-state index >= 15 is 0 Å². The minimum absolute atomic E-state index is 0.699. The molecule has 0 saturated heterocycles. The molecule has 1 heterocycles. The number of benzene rings is 1. The van der Waals surface area contributed by atoms with Gasteiger partial charge in [0, 0.05) is 11.6 Å². The van der Waals surface area contributed by atoms with E-state index in [1.807, 2.05) is 38.1 Å². The largest absolute Gasteiger partial charge is 0.256 e. The van der Waals surface area contributed by atoms with Crippen molar-refractivity contribution in [3.8, 4) is 6.07 Å². The minimum Gasteiger partial charge on any atom is -0.256 e. The van der Waals surface area contributed by atoms with E-state index in [1.54, 1.807) is 6.20 Å². The molecular weight excluding hydrogens is 232 g/mol. The summed E-state index contributed by atoms with van der Waals surface area (Å²) in [6.07, 6.45) is 3.96. The van der Waals surface area contributed by atoms with Gasteiger partial charge in [0.2, 0.25) is 0 Å². The Labute approximate surface area is 117 Å². The Kier molecular flexibility index (Phi) is 9.08. The first kappa shape index (κ1) is 17.1. The van der Waals surface area contributed by atoms with Crippen molar-refractivity contribution in [2.45, 2.75) is 47.5 Å². The smallest absolute Gasteiger partial charge is 0.0998 e. The highest BCUT2D eigenvalue weighted by atomic mass is 14.6. The van der Waals surface area contributed by atoms with Crippen molar-refractivity contribution < 1.29 is 0 Å². The van der Waals surface area contributed by atoms with Crippen LogP contribution >= 0.6 is 0 Å². The standard InChI is InChI=1S/C12H10N2.C3H8.C2H6/c1-2-9-5-6-10(8-13)11-4-3-7-14-12(9)11;1-3-2;1-2/h3-7H,2H2,1H3;3H2,1-2H3;1-2H3. The van der Waals surface area contributed by atoms with Crippen molar-refractivity contribution >= 4 is 10.9 Å². The first-order chi connectivity index (χ1) is 9.28. The summed E-state index contributed by atoms with van der Waals surface area (Å²) in [6, 6.07) is 9.83. The molecule has 2 heteroatoms. The van der Waals surface area contributed by atoms with Crippen LogP contribution in [0.1, 0.15) is 52.2 Å². The van der Waals surface area contributed by atoms with Crippen molar-refractivity contribution in [2.24, 2.45) is 0 Å². The van der Waals surface area contributed by atoms with Crippen LogP contribution in [-0.2, 0) is 6.42 Å². The number of rotatable bonds is 1. The Morgan fingerprint density at radius 3 is 2.26 bits per heavy atom. The summed E-state index contributed by atoms with van der Waals surface area (Å²) < 4.78 is 0. The molecule has 0 saturated carbocycles. The predicted molar refractivity (Wildman–Crippen MR) is 83.1 cm³/mol. The lowest BCUT2D eigenvalue weighted by Crippen LogP contribution is -1.89. The van der Waals surface area contributed by atoms with Gasteiger partial charge in [0.05, 0.1) is 17.1 Å². The molecule has 0 aliphatic carbocycles. The van der Waals surface area contributed by atoms with E-state index in [2.05, 4.69) is 31.8 Å². The highest BCUT2D eigenvalue weighted by molar-refractivity contribution is 5.87. The Balaban J connectivity index is 0.000000573. The van der Waals surface area contributed by atoms with Crippen LogP contribution in [0.3, 0.4) is 0 Å². The van der Waals surface area contributed by atoms with E-state index in [9.17, 15) is 0 Å². The summed E-state index contributed by atoms with van der Waals surface area (Å²) in [5, 5.41) is 9.87. The van der Waals surface area contributed by atoms with E-state index < -0.39 is 0 Å². The van der Waals surface area contributed by atoms with E-state index in [-0.39, 0.29) is 0 Å². The third-order valence-corrected chi connectivity index (χ3v) is 2.35. The molecule has 0 N–H and O–H groups in total. The van der Waals surface area contributed by atoms with Gasteiger partial charge in [-0.3, -0.25) is 4.98 Å². The maximum absolute atomic E-state index is 8.92. The Morgan fingerprint density at radius 2 is 1.74 bits per heavy atom. The molecule has 0 radical (unpaired) electrons. The molecule has 1 aromatic heterocycles. The molecule has 0 spiro atoms. The lowest BCUT2D eigenvalue weighted by Gasteiger charge is -2.03. The SMILES string of the molecule is CC.CCC.CCc1ccc(C#N)c2cccnc12. The second kappa shape index (κ2) is 10.1. The average Bonchev–Trinajstić information content (AvgIpc) is 2.49. The molecule has 19 heavy (non-hydrogen) atoms. The summed E-state index contributed by atoms with van der Waals surface area (Å²) in [7, 11) is 0. The molecule has 0 unspecified atom stereocenters. The summed E-state index contributed by atoms with van der Waals surface area (Å²) in [6.45, 7) is 10.3. The van der Waals surface area contributed by atoms with Crippen molar-refractivity contribution in [3.05, 3.63) is 41.6 Å². The predicted octanol–water partition coefficient (Wildman–Crippen LogP) is 5.11. The molecule has 0 amide bonds. The van der Waals surface area contributed by atoms with E-state index in [0.29, 0.717) is 5.56 Å². The zero-order valence-corrected chi connectivity index (χ0v) is 12.7. The third-order valence-electron chi connectivity index (χ3n) is 2.35. The zero-order chi connectivity index (χ0) is 14.7. The van der Waals surface area contributed by atoms with Gasteiger partial charge < -0.3 is 0 Å². The normalized spacial score (nSPS) is 8.63. The number of fused-ring (bicyclic) bond motifs is 1. The van der Waals surface area contributed by atoms with Gasteiger partial charge in [0.15, 0.2) is 0 Å². The fourth-order valence-corrected chi connectivity index (χ4v) is 1.61. The fraction of sp³-hybridized carbons (Fsp3) is 0.412. The van der Waals surface area contributed by atoms with Crippen molar-refractivity contribution in [3.63, 3.8) is 0 Å². The summed E-state index contributed by atoms with van der Waals surface area (Å²) in [5.41, 5.74) is 2.85. The van der Waals surface area contributed by atoms with Crippen LogP contribution < -0.4 is 0 Å². The summed E-state index contributed by atoms with van der Waals surface area (Å²) in [4.78, 5) is 4.31. The van der Waals surface area contributed by atoms with Crippen LogP contribution in [0.25, 0.3) is 10.9 Å². The maximum Gasteiger partial charge on any atom is 0.0998 e. The van der Waals surface area contributed by atoms with Gasteiger partial charge in [0.1, 0.15) is 0 Å². The molecule has 0 atom stereocenters. The number of nitriles is 1. The van der Waals surface area contributed by atoms with Gasteiger partial charge >= 0.3 is 0 Å². The number of hydrogen-bond acceptors (Lipinski definition) is 2. The van der Waals surface area contributed by atoms with E-state index in [4.69, 9.17) is 5.26 Å². The Hall–Kier alpha value is -1.88. The van der Waals surface area contributed by atoms with E-state index in [1.165, 1.54) is 12.0 Å². The Morgan fingerprint density at radius 1 is 1.11 bits per heavy atom. The lowest BCUT2D eigenvalue weighted by atomic mass is 10.0. The highest BCUT2D eigenvalue weighted by Gasteiger charge is 2.04. The van der Waals surface area contributed by atoms with Gasteiger partial charge in [-0.05, 0) is 30.2 Å². The van der Waals surface area contributed by atoms with Gasteiger partial charge in [-0.15, -0.1) is 0 Å². The second-order valence-electron chi connectivity index (χ2n) is 3.84. The molecule has 2 rings (SSSR count). The molecule has 0 aliphatic rings. The van der Waals surface area contributed by atoms with Crippen LogP contribution in [0.15, 0.2) is 30.5 Å². The third kappa shape index (κ3) is 4.71. The number of pyridine rings is 1. The zero-order valence-electron chi connectivity index (χ0n) is 12.7. The summed E-state index contributed by atoms with van der Waals surface area (Å²) >= 11 is 0. The molecule has 0 aliphatic heterocycles. The maximum atomic E-state index is 8.92. The minimum atomic E-state index is 0.699. The van der Waals surface area contributed by atoms with Crippen LogP contribution in [0.5, 0.6) is 0 Å². The van der Waals surface area contributed by atoms with Gasteiger partial charge in [-0.2, -0.15) is 5.26 Å². The van der Waals surface area contributed by atoms with Gasteiger partial charge in [0.25, 0.3) is 0 Å². The van der Waals surface area contributed by atoms with Crippen LogP contribution in [0, 0.1) is 11.3 Å². The fourth-order valence-electron chi connectivity index (χ4n) is 1.61. The van der Waals surface area contributed by atoms with Crippen molar-refractivity contribution in [2.75, 3.05) is 0 Å². The first-order valence-electron chi connectivity index (χ1n) is 7.05. The van der Waals surface area contributed by atoms with Crippen LogP contribution in [-0.4, -0.2) is 4.98 Å². The number of aryl methyl sites for hydroxylation is 1. The summed E-state index contributed by atoms with van der Waals surface area (Å²) in [5.74, 6) is 0. The van der Waals surface area contributed by atoms with Gasteiger partial charge in [-0.25, -0.2) is 0 Å². The topological polar surface area (TPSA) is 36.7 Å². The highest BCUT2D eigenvalue weighted by Crippen LogP contribution is 2.20. The molecule has 2 nitrogen and oxygen atoms in total. The molecular formula is C17H24N2. The number of hydrogen-bond donors (Lipinski definition) is 0.